The van der Waals surface area contributed by atoms with Gasteiger partial charge in [-0.15, -0.1) is 0 Å². The zero-order valence-electron chi connectivity index (χ0n) is 10.9. The lowest BCUT2D eigenvalue weighted by Crippen LogP contribution is -2.11. The topological polar surface area (TPSA) is 67.2 Å². The third-order valence-corrected chi connectivity index (χ3v) is 2.99. The normalized spacial score (nSPS) is 10.6. The minimum atomic E-state index is -1.12. The van der Waals surface area contributed by atoms with Crippen LogP contribution in [0.2, 0.25) is 0 Å². The predicted molar refractivity (Wildman–Crippen MR) is 68.6 cm³/mol. The van der Waals surface area contributed by atoms with E-state index in [1.54, 1.807) is 7.05 Å². The third-order valence-electron chi connectivity index (χ3n) is 2.99. The smallest absolute Gasteiger partial charge is 0.339 e. The maximum Gasteiger partial charge on any atom is 0.339 e. The van der Waals surface area contributed by atoms with E-state index in [4.69, 9.17) is 5.11 Å². The van der Waals surface area contributed by atoms with Crippen molar-refractivity contribution in [1.82, 2.24) is 9.78 Å². The average molecular weight is 281 g/mol. The number of carbonyl (C=O) groups is 1. The van der Waals surface area contributed by atoms with Crippen molar-refractivity contribution >= 4 is 11.7 Å². The highest BCUT2D eigenvalue weighted by Crippen LogP contribution is 2.20. The monoisotopic (exact) mass is 281 g/mol. The van der Waals surface area contributed by atoms with Crippen molar-refractivity contribution in [3.05, 3.63) is 46.8 Å². The summed E-state index contributed by atoms with van der Waals surface area (Å²) in [6, 6.07) is 2.13. The molecule has 0 amide bonds. The van der Waals surface area contributed by atoms with E-state index in [9.17, 15) is 13.6 Å². The first-order valence-corrected chi connectivity index (χ1v) is 5.84. The van der Waals surface area contributed by atoms with Crippen molar-refractivity contribution in [3.8, 4) is 0 Å². The number of halogens is 2. The second kappa shape index (κ2) is 5.28. The molecule has 20 heavy (non-hydrogen) atoms. The van der Waals surface area contributed by atoms with E-state index in [2.05, 4.69) is 10.4 Å². The van der Waals surface area contributed by atoms with Crippen molar-refractivity contribution in [2.45, 2.75) is 13.5 Å². The Morgan fingerprint density at radius 1 is 1.40 bits per heavy atom. The van der Waals surface area contributed by atoms with E-state index < -0.39 is 17.6 Å². The number of anilines is 1. The first kappa shape index (κ1) is 14.0. The van der Waals surface area contributed by atoms with Crippen LogP contribution in [0.3, 0.4) is 0 Å². The number of hydrogen-bond donors (Lipinski definition) is 2. The number of carboxylic acid groups (broad SMARTS) is 1. The van der Waals surface area contributed by atoms with Gasteiger partial charge in [-0.3, -0.25) is 4.68 Å². The van der Waals surface area contributed by atoms with Crippen molar-refractivity contribution in [2.75, 3.05) is 5.32 Å². The Labute approximate surface area is 113 Å². The van der Waals surface area contributed by atoms with Crippen LogP contribution in [0.15, 0.2) is 18.3 Å². The first-order chi connectivity index (χ1) is 9.40. The van der Waals surface area contributed by atoms with E-state index >= 15 is 0 Å². The molecule has 0 saturated heterocycles. The van der Waals surface area contributed by atoms with Gasteiger partial charge in [0.05, 0.1) is 24.1 Å². The third kappa shape index (κ3) is 2.61. The lowest BCUT2D eigenvalue weighted by atomic mass is 10.2. The van der Waals surface area contributed by atoms with Crippen molar-refractivity contribution in [1.29, 1.82) is 0 Å². The molecular weight excluding hydrogens is 268 g/mol. The van der Waals surface area contributed by atoms with Crippen LogP contribution in [-0.2, 0) is 13.6 Å². The highest BCUT2D eigenvalue weighted by atomic mass is 19.1. The SMILES string of the molecule is Cc1cc(F)c(NCc2c(C(=O)O)cnn2C)cc1F. The van der Waals surface area contributed by atoms with Gasteiger partial charge in [0.2, 0.25) is 0 Å². The van der Waals surface area contributed by atoms with E-state index in [0.717, 1.165) is 12.1 Å². The zero-order valence-corrected chi connectivity index (χ0v) is 10.9. The summed E-state index contributed by atoms with van der Waals surface area (Å²) in [4.78, 5) is 11.0. The summed E-state index contributed by atoms with van der Waals surface area (Å²) in [5, 5.41) is 15.5. The summed E-state index contributed by atoms with van der Waals surface area (Å²) in [7, 11) is 1.58. The predicted octanol–water partition coefficient (Wildman–Crippen LogP) is 2.32. The fraction of sp³-hybridized carbons (Fsp3) is 0.231. The quantitative estimate of drug-likeness (QED) is 0.902. The number of nitrogens with one attached hydrogen (secondary N) is 1. The Bertz CT molecular complexity index is 668. The standard InChI is InChI=1S/C13H13F2N3O2/c1-7-3-10(15)11(4-9(7)14)16-6-12-8(13(19)20)5-17-18(12)2/h3-5,16H,6H2,1-2H3,(H,19,20). The average Bonchev–Trinajstić information content (AvgIpc) is 2.74. The van der Waals surface area contributed by atoms with Crippen LogP contribution in [0.4, 0.5) is 14.5 Å². The second-order valence-electron chi connectivity index (χ2n) is 4.37. The molecule has 7 heteroatoms. The second-order valence-corrected chi connectivity index (χ2v) is 4.37. The first-order valence-electron chi connectivity index (χ1n) is 5.84. The lowest BCUT2D eigenvalue weighted by Gasteiger charge is -2.10. The van der Waals surface area contributed by atoms with Crippen LogP contribution in [0.5, 0.6) is 0 Å². The summed E-state index contributed by atoms with van der Waals surface area (Å²) in [6.45, 7) is 1.49. The van der Waals surface area contributed by atoms with E-state index in [-0.39, 0.29) is 23.4 Å². The number of hydrogen-bond acceptors (Lipinski definition) is 3. The Hall–Kier alpha value is -2.44. The molecule has 1 aromatic heterocycles. The van der Waals surface area contributed by atoms with Gasteiger partial charge < -0.3 is 10.4 Å². The Morgan fingerprint density at radius 2 is 2.10 bits per heavy atom. The van der Waals surface area contributed by atoms with Crippen LogP contribution in [0, 0.1) is 18.6 Å². The molecule has 0 atom stereocenters. The molecule has 2 rings (SSSR count). The maximum atomic E-state index is 13.7. The summed E-state index contributed by atoms with van der Waals surface area (Å²) in [5.74, 6) is -2.24. The summed E-state index contributed by atoms with van der Waals surface area (Å²) in [6.07, 6.45) is 1.21. The molecule has 2 aromatic rings. The van der Waals surface area contributed by atoms with Crippen LogP contribution < -0.4 is 5.32 Å². The molecule has 0 aliphatic heterocycles. The van der Waals surface area contributed by atoms with E-state index in [1.165, 1.54) is 17.8 Å². The summed E-state index contributed by atoms with van der Waals surface area (Å²) < 4.78 is 28.4. The van der Waals surface area contributed by atoms with Gasteiger partial charge in [0, 0.05) is 13.1 Å². The minimum Gasteiger partial charge on any atom is -0.478 e. The van der Waals surface area contributed by atoms with Crippen LogP contribution in [0.25, 0.3) is 0 Å². The number of benzene rings is 1. The molecule has 5 nitrogen and oxygen atoms in total. The Balaban J connectivity index is 2.23. The van der Waals surface area contributed by atoms with Gasteiger partial charge in [-0.1, -0.05) is 0 Å². The summed E-state index contributed by atoms with van der Waals surface area (Å²) >= 11 is 0. The van der Waals surface area contributed by atoms with Gasteiger partial charge in [0.1, 0.15) is 17.2 Å². The Kier molecular flexibility index (Phi) is 3.69. The number of rotatable bonds is 4. The largest absolute Gasteiger partial charge is 0.478 e. The number of carboxylic acids is 1. The number of aromatic carboxylic acids is 1. The van der Waals surface area contributed by atoms with Crippen molar-refractivity contribution in [2.24, 2.45) is 7.05 Å². The molecule has 0 radical (unpaired) electrons. The highest BCUT2D eigenvalue weighted by Gasteiger charge is 2.15. The van der Waals surface area contributed by atoms with Gasteiger partial charge >= 0.3 is 5.97 Å². The van der Waals surface area contributed by atoms with Gasteiger partial charge in [-0.2, -0.15) is 5.10 Å². The van der Waals surface area contributed by atoms with Crippen molar-refractivity contribution < 1.29 is 18.7 Å². The fourth-order valence-electron chi connectivity index (χ4n) is 1.81. The molecule has 0 bridgehead atoms. The van der Waals surface area contributed by atoms with E-state index in [1.807, 2.05) is 0 Å². The molecule has 0 aliphatic rings. The number of aryl methyl sites for hydroxylation is 2. The molecule has 1 aromatic carbocycles. The maximum absolute atomic E-state index is 13.7. The lowest BCUT2D eigenvalue weighted by molar-refractivity contribution is 0.0695. The molecule has 0 spiro atoms. The van der Waals surface area contributed by atoms with Crippen LogP contribution in [0.1, 0.15) is 21.6 Å². The molecule has 1 heterocycles. The van der Waals surface area contributed by atoms with Gasteiger partial charge in [0.15, 0.2) is 0 Å². The van der Waals surface area contributed by atoms with E-state index in [0.29, 0.717) is 5.69 Å². The van der Waals surface area contributed by atoms with Gasteiger partial charge in [0.25, 0.3) is 0 Å². The Morgan fingerprint density at radius 3 is 2.75 bits per heavy atom. The van der Waals surface area contributed by atoms with Gasteiger partial charge in [-0.25, -0.2) is 13.6 Å². The van der Waals surface area contributed by atoms with Gasteiger partial charge in [-0.05, 0) is 18.6 Å². The van der Waals surface area contributed by atoms with Crippen molar-refractivity contribution in [3.63, 3.8) is 0 Å². The molecule has 0 aliphatic carbocycles. The molecule has 106 valence electrons. The molecular formula is C13H13F2N3O2. The minimum absolute atomic E-state index is 0.0213. The number of nitrogens with zero attached hydrogens (tertiary/aromatic N) is 2. The molecule has 0 fully saturated rings. The molecule has 0 unspecified atom stereocenters. The number of aromatic nitrogens is 2. The summed E-state index contributed by atoms with van der Waals surface area (Å²) in [5.41, 5.74) is 0.580. The zero-order chi connectivity index (χ0) is 14.9. The van der Waals surface area contributed by atoms with Crippen LogP contribution >= 0.6 is 0 Å². The van der Waals surface area contributed by atoms with Crippen LogP contribution in [-0.4, -0.2) is 20.9 Å². The molecule has 2 N–H and O–H groups in total. The fourth-order valence-corrected chi connectivity index (χ4v) is 1.81. The highest BCUT2D eigenvalue weighted by molar-refractivity contribution is 5.88. The molecule has 0 saturated carbocycles.